The topological polar surface area (TPSA) is 103 Å². The molecule has 1 atom stereocenters. The number of aromatic carboxylic acids is 1. The van der Waals surface area contributed by atoms with Gasteiger partial charge in [-0.25, -0.2) is 22.6 Å². The number of halogens is 1. The molecule has 8 nitrogen and oxygen atoms in total. The first-order valence-corrected chi connectivity index (χ1v) is 12.3. The van der Waals surface area contributed by atoms with Gasteiger partial charge in [0.05, 0.1) is 16.8 Å². The van der Waals surface area contributed by atoms with Gasteiger partial charge in [-0.3, -0.25) is 4.72 Å². The first kappa shape index (κ1) is 22.5. The number of carboxylic acid groups (broad SMARTS) is 1. The van der Waals surface area contributed by atoms with Gasteiger partial charge in [0.15, 0.2) is 0 Å². The molecule has 2 saturated heterocycles. The first-order chi connectivity index (χ1) is 15.3. The molecule has 0 saturated carbocycles. The molecule has 3 heterocycles. The summed E-state index contributed by atoms with van der Waals surface area (Å²) in [5, 5.41) is 9.77. The van der Waals surface area contributed by atoms with Crippen molar-refractivity contribution in [1.82, 2.24) is 9.88 Å². The highest BCUT2D eigenvalue weighted by molar-refractivity contribution is 7.92. The van der Waals surface area contributed by atoms with Gasteiger partial charge in [-0.15, -0.1) is 0 Å². The summed E-state index contributed by atoms with van der Waals surface area (Å²) in [4.78, 5) is 20.5. The zero-order valence-electron chi connectivity index (χ0n) is 17.7. The van der Waals surface area contributed by atoms with Crippen LogP contribution in [0.1, 0.15) is 36.0 Å². The minimum atomic E-state index is -4.08. The summed E-state index contributed by atoms with van der Waals surface area (Å²) < 4.78 is 40.9. The summed E-state index contributed by atoms with van der Waals surface area (Å²) in [7, 11) is -4.08. The maximum absolute atomic E-state index is 13.4. The lowest BCUT2D eigenvalue weighted by atomic mass is 9.97. The molecule has 1 aromatic carbocycles. The van der Waals surface area contributed by atoms with E-state index in [0.717, 1.165) is 51.2 Å². The molecule has 32 heavy (non-hydrogen) atoms. The molecule has 172 valence electrons. The zero-order chi connectivity index (χ0) is 22.7. The second-order valence-electron chi connectivity index (χ2n) is 8.43. The summed E-state index contributed by atoms with van der Waals surface area (Å²) in [5.41, 5.74) is -0.0488. The lowest BCUT2D eigenvalue weighted by Gasteiger charge is -2.36. The van der Waals surface area contributed by atoms with Gasteiger partial charge < -0.3 is 14.9 Å². The number of sulfonamides is 1. The van der Waals surface area contributed by atoms with Gasteiger partial charge in [0.2, 0.25) is 0 Å². The largest absolute Gasteiger partial charge is 0.478 e. The van der Waals surface area contributed by atoms with Crippen molar-refractivity contribution in [2.75, 3.05) is 42.3 Å². The van der Waals surface area contributed by atoms with Crippen molar-refractivity contribution in [3.63, 3.8) is 0 Å². The Labute approximate surface area is 187 Å². The van der Waals surface area contributed by atoms with Crippen LogP contribution in [0.5, 0.6) is 0 Å². The minimum absolute atomic E-state index is 0.0148. The van der Waals surface area contributed by atoms with Crippen LogP contribution in [0, 0.1) is 11.7 Å². The second-order valence-corrected chi connectivity index (χ2v) is 10.1. The Hall–Kier alpha value is -2.72. The van der Waals surface area contributed by atoms with Gasteiger partial charge in [0.25, 0.3) is 10.0 Å². The zero-order valence-corrected chi connectivity index (χ0v) is 18.5. The van der Waals surface area contributed by atoms with Crippen molar-refractivity contribution in [2.45, 2.75) is 30.6 Å². The molecule has 4 rings (SSSR count). The van der Waals surface area contributed by atoms with Crippen LogP contribution in [-0.4, -0.2) is 62.1 Å². The number of hydrogen-bond donors (Lipinski definition) is 2. The van der Waals surface area contributed by atoms with Gasteiger partial charge in [-0.1, -0.05) is 6.07 Å². The number of benzene rings is 1. The number of nitrogens with zero attached hydrogens (tertiary/aromatic N) is 3. The van der Waals surface area contributed by atoms with Crippen molar-refractivity contribution >= 4 is 27.5 Å². The maximum atomic E-state index is 13.4. The molecule has 2 aromatic rings. The van der Waals surface area contributed by atoms with Crippen molar-refractivity contribution in [3.05, 3.63) is 47.9 Å². The molecule has 0 spiro atoms. The maximum Gasteiger partial charge on any atom is 0.339 e. The molecule has 0 amide bonds. The molecule has 1 aromatic heterocycles. The third-order valence-corrected chi connectivity index (χ3v) is 7.37. The van der Waals surface area contributed by atoms with Crippen LogP contribution in [0.2, 0.25) is 0 Å². The van der Waals surface area contributed by atoms with Gasteiger partial charge >= 0.3 is 5.97 Å². The highest BCUT2D eigenvalue weighted by atomic mass is 32.2. The van der Waals surface area contributed by atoms with Crippen LogP contribution in [0.4, 0.5) is 15.9 Å². The predicted octanol–water partition coefficient (Wildman–Crippen LogP) is 3.03. The number of nitrogens with one attached hydrogen (secondary N) is 1. The molecule has 2 N–H and O–H groups in total. The van der Waals surface area contributed by atoms with Crippen molar-refractivity contribution in [3.8, 4) is 0 Å². The Morgan fingerprint density at radius 3 is 2.69 bits per heavy atom. The highest BCUT2D eigenvalue weighted by Crippen LogP contribution is 2.28. The predicted molar refractivity (Wildman–Crippen MR) is 119 cm³/mol. The molecule has 2 aliphatic rings. The van der Waals surface area contributed by atoms with E-state index in [1.165, 1.54) is 37.2 Å². The fraction of sp³-hybridized carbons (Fsp3) is 0.455. The molecule has 10 heteroatoms. The van der Waals surface area contributed by atoms with E-state index in [1.807, 2.05) is 4.90 Å². The Morgan fingerprint density at radius 2 is 1.97 bits per heavy atom. The monoisotopic (exact) mass is 462 g/mol. The Morgan fingerprint density at radius 1 is 1.19 bits per heavy atom. The molecule has 0 aliphatic carbocycles. The minimum Gasteiger partial charge on any atom is -0.478 e. The SMILES string of the molecule is O=C(O)c1cc(NS(=O)(=O)c2cccc(F)c2)cnc1N1CCC[C@@H](CN2CCCC2)C1. The van der Waals surface area contributed by atoms with E-state index < -0.39 is 21.8 Å². The van der Waals surface area contributed by atoms with E-state index in [-0.39, 0.29) is 16.1 Å². The summed E-state index contributed by atoms with van der Waals surface area (Å²) in [6, 6.07) is 5.87. The number of rotatable bonds is 7. The number of carbonyl (C=O) groups is 1. The van der Waals surface area contributed by atoms with Crippen LogP contribution in [0.3, 0.4) is 0 Å². The van der Waals surface area contributed by atoms with Crippen LogP contribution >= 0.6 is 0 Å². The quantitative estimate of drug-likeness (QED) is 0.652. The molecule has 0 bridgehead atoms. The lowest BCUT2D eigenvalue weighted by Crippen LogP contribution is -2.41. The van der Waals surface area contributed by atoms with Gasteiger partial charge in [0.1, 0.15) is 17.2 Å². The van der Waals surface area contributed by atoms with Crippen molar-refractivity contribution in [2.24, 2.45) is 5.92 Å². The molecular formula is C22H27FN4O4S. The third kappa shape index (κ3) is 5.18. The van der Waals surface area contributed by atoms with Gasteiger partial charge in [-0.2, -0.15) is 0 Å². The second kappa shape index (κ2) is 9.41. The fourth-order valence-electron chi connectivity index (χ4n) is 4.51. The Bertz CT molecular complexity index is 1090. The van der Waals surface area contributed by atoms with E-state index in [2.05, 4.69) is 14.6 Å². The Balaban J connectivity index is 1.53. The summed E-state index contributed by atoms with van der Waals surface area (Å²) >= 11 is 0. The average molecular weight is 463 g/mol. The van der Waals surface area contributed by atoms with Crippen LogP contribution in [0.15, 0.2) is 41.4 Å². The van der Waals surface area contributed by atoms with E-state index in [4.69, 9.17) is 0 Å². The smallest absolute Gasteiger partial charge is 0.339 e. The number of likely N-dealkylation sites (tertiary alicyclic amines) is 1. The van der Waals surface area contributed by atoms with Crippen molar-refractivity contribution < 1.29 is 22.7 Å². The number of hydrogen-bond acceptors (Lipinski definition) is 6. The normalized spacial score (nSPS) is 19.8. The number of carboxylic acids is 1. The fourth-order valence-corrected chi connectivity index (χ4v) is 5.57. The number of piperidine rings is 1. The van der Waals surface area contributed by atoms with Crippen LogP contribution < -0.4 is 9.62 Å². The molecule has 2 aliphatic heterocycles. The number of anilines is 2. The standard InChI is InChI=1S/C22H27FN4O4S/c23-17-6-3-7-19(11-17)32(30,31)25-18-12-20(22(28)29)21(24-13-18)27-10-4-5-16(15-27)14-26-8-1-2-9-26/h3,6-7,11-13,16,25H,1-2,4-5,8-10,14-15H2,(H,28,29)/t16-/m0/s1. The summed E-state index contributed by atoms with van der Waals surface area (Å²) in [6.45, 7) is 4.67. The molecular weight excluding hydrogens is 435 g/mol. The van der Waals surface area contributed by atoms with E-state index in [9.17, 15) is 22.7 Å². The summed E-state index contributed by atoms with van der Waals surface area (Å²) in [6.07, 6.45) is 5.82. The molecule has 2 fully saturated rings. The van der Waals surface area contributed by atoms with E-state index in [1.54, 1.807) is 0 Å². The lowest BCUT2D eigenvalue weighted by molar-refractivity contribution is 0.0697. The van der Waals surface area contributed by atoms with E-state index in [0.29, 0.717) is 18.3 Å². The van der Waals surface area contributed by atoms with Crippen LogP contribution in [0.25, 0.3) is 0 Å². The van der Waals surface area contributed by atoms with Crippen molar-refractivity contribution in [1.29, 1.82) is 0 Å². The molecule has 0 radical (unpaired) electrons. The Kier molecular flexibility index (Phi) is 6.61. The van der Waals surface area contributed by atoms with Crippen LogP contribution in [-0.2, 0) is 10.0 Å². The summed E-state index contributed by atoms with van der Waals surface area (Å²) in [5.74, 6) is -1.07. The number of aromatic nitrogens is 1. The number of pyridine rings is 1. The molecule has 0 unspecified atom stereocenters. The van der Waals surface area contributed by atoms with Gasteiger partial charge in [0, 0.05) is 19.6 Å². The third-order valence-electron chi connectivity index (χ3n) is 5.99. The average Bonchev–Trinajstić information content (AvgIpc) is 3.26. The van der Waals surface area contributed by atoms with E-state index >= 15 is 0 Å². The van der Waals surface area contributed by atoms with Gasteiger partial charge in [-0.05, 0) is 69.0 Å². The highest BCUT2D eigenvalue weighted by Gasteiger charge is 2.27. The first-order valence-electron chi connectivity index (χ1n) is 10.8.